The van der Waals surface area contributed by atoms with Crippen molar-refractivity contribution in [3.05, 3.63) is 90.0 Å². The summed E-state index contributed by atoms with van der Waals surface area (Å²) >= 11 is 0. The van der Waals surface area contributed by atoms with Gasteiger partial charge in [-0.05, 0) is 55.8 Å². The second kappa shape index (κ2) is 10.8. The number of benzene rings is 3. The molecule has 7 nitrogen and oxygen atoms in total. The first-order valence-electron chi connectivity index (χ1n) is 10.2. The molecule has 3 aromatic rings. The number of rotatable bonds is 7. The molecule has 0 aromatic heterocycles. The topological polar surface area (TPSA) is 90.5 Å². The molecule has 0 saturated carbocycles. The highest BCUT2D eigenvalue weighted by atomic mass is 16.2. The summed E-state index contributed by atoms with van der Waals surface area (Å²) in [6.07, 6.45) is 0. The molecule has 3 N–H and O–H groups in total. The lowest BCUT2D eigenvalue weighted by Crippen LogP contribution is -2.44. The third-order valence-electron chi connectivity index (χ3n) is 4.68. The van der Waals surface area contributed by atoms with Crippen molar-refractivity contribution in [2.75, 3.05) is 28.6 Å². The molecule has 0 fully saturated rings. The third kappa shape index (κ3) is 6.70. The van der Waals surface area contributed by atoms with E-state index >= 15 is 0 Å². The average Bonchev–Trinajstić information content (AvgIpc) is 2.78. The number of carbonyl (C=O) groups excluding carboxylic acids is 3. The Labute approximate surface area is 187 Å². The lowest BCUT2D eigenvalue weighted by atomic mass is 10.2. The summed E-state index contributed by atoms with van der Waals surface area (Å²) in [5.74, 6) is -0.745. The minimum absolute atomic E-state index is 0.183. The van der Waals surface area contributed by atoms with Crippen molar-refractivity contribution >= 4 is 34.9 Å². The van der Waals surface area contributed by atoms with Gasteiger partial charge in [-0.3, -0.25) is 9.59 Å². The van der Waals surface area contributed by atoms with Gasteiger partial charge in [0.15, 0.2) is 0 Å². The Morgan fingerprint density at radius 2 is 1.47 bits per heavy atom. The molecule has 0 unspecified atom stereocenters. The Morgan fingerprint density at radius 3 is 2.16 bits per heavy atom. The van der Waals surface area contributed by atoms with Crippen molar-refractivity contribution in [3.8, 4) is 0 Å². The summed E-state index contributed by atoms with van der Waals surface area (Å²) in [5.41, 5.74) is 3.94. The van der Waals surface area contributed by atoms with Crippen molar-refractivity contribution in [1.82, 2.24) is 5.32 Å². The fourth-order valence-corrected chi connectivity index (χ4v) is 3.06. The van der Waals surface area contributed by atoms with Crippen LogP contribution in [0.2, 0.25) is 0 Å². The van der Waals surface area contributed by atoms with Crippen LogP contribution < -0.4 is 20.9 Å². The number of urea groups is 1. The number of carbonyl (C=O) groups is 3. The highest BCUT2D eigenvalue weighted by Crippen LogP contribution is 2.15. The molecular formula is C25H26N4O3. The smallest absolute Gasteiger partial charge is 0.319 e. The van der Waals surface area contributed by atoms with E-state index in [1.165, 1.54) is 4.90 Å². The molecule has 7 heteroatoms. The maximum absolute atomic E-state index is 12.9. The second-order valence-electron chi connectivity index (χ2n) is 7.41. The van der Waals surface area contributed by atoms with Crippen molar-refractivity contribution in [1.29, 1.82) is 0 Å². The van der Waals surface area contributed by atoms with Gasteiger partial charge in [0, 0.05) is 17.1 Å². The normalized spacial score (nSPS) is 10.2. The zero-order chi connectivity index (χ0) is 22.9. The number of hydrogen-bond acceptors (Lipinski definition) is 3. The molecule has 0 spiro atoms. The summed E-state index contributed by atoms with van der Waals surface area (Å²) in [7, 11) is 0. The number of anilines is 3. The molecule has 3 aromatic carbocycles. The highest BCUT2D eigenvalue weighted by Gasteiger charge is 2.20. The van der Waals surface area contributed by atoms with E-state index < -0.39 is 11.9 Å². The van der Waals surface area contributed by atoms with Crippen LogP contribution in [-0.2, 0) is 9.59 Å². The quantitative estimate of drug-likeness (QED) is 0.527. The lowest BCUT2D eigenvalue weighted by molar-refractivity contribution is -0.121. The molecule has 0 saturated heterocycles. The van der Waals surface area contributed by atoms with Gasteiger partial charge in [-0.25, -0.2) is 4.79 Å². The Kier molecular flexibility index (Phi) is 7.59. The SMILES string of the molecule is Cc1ccc(NC(=O)CN(C(=O)CNC(=O)Nc2cccc(C)c2)c2ccccc2)cc1. The van der Waals surface area contributed by atoms with Gasteiger partial charge in [0.05, 0.1) is 6.54 Å². The first-order valence-corrected chi connectivity index (χ1v) is 10.2. The van der Waals surface area contributed by atoms with Crippen molar-refractivity contribution in [3.63, 3.8) is 0 Å². The van der Waals surface area contributed by atoms with E-state index in [9.17, 15) is 14.4 Å². The monoisotopic (exact) mass is 430 g/mol. The van der Waals surface area contributed by atoms with Gasteiger partial charge in [-0.2, -0.15) is 0 Å². The molecule has 0 atom stereocenters. The van der Waals surface area contributed by atoms with Gasteiger partial charge in [-0.15, -0.1) is 0 Å². The maximum Gasteiger partial charge on any atom is 0.319 e. The average molecular weight is 431 g/mol. The number of amides is 4. The van der Waals surface area contributed by atoms with Crippen molar-refractivity contribution < 1.29 is 14.4 Å². The zero-order valence-corrected chi connectivity index (χ0v) is 18.1. The lowest BCUT2D eigenvalue weighted by Gasteiger charge is -2.22. The fourth-order valence-electron chi connectivity index (χ4n) is 3.06. The summed E-state index contributed by atoms with van der Waals surface area (Å²) < 4.78 is 0. The van der Waals surface area contributed by atoms with Crippen LogP contribution in [0.25, 0.3) is 0 Å². The molecule has 32 heavy (non-hydrogen) atoms. The minimum Gasteiger partial charge on any atom is -0.329 e. The van der Waals surface area contributed by atoms with Crippen LogP contribution >= 0.6 is 0 Å². The van der Waals surface area contributed by atoms with Gasteiger partial charge >= 0.3 is 6.03 Å². The summed E-state index contributed by atoms with van der Waals surface area (Å²) in [6.45, 7) is 3.44. The molecular weight excluding hydrogens is 404 g/mol. The number of para-hydroxylation sites is 1. The zero-order valence-electron chi connectivity index (χ0n) is 18.1. The minimum atomic E-state index is -0.499. The van der Waals surface area contributed by atoms with Gasteiger partial charge < -0.3 is 20.9 Å². The van der Waals surface area contributed by atoms with Crippen LogP contribution in [-0.4, -0.2) is 30.9 Å². The maximum atomic E-state index is 12.9. The summed E-state index contributed by atoms with van der Waals surface area (Å²) in [4.78, 5) is 39.0. The van der Waals surface area contributed by atoms with Crippen LogP contribution in [0.4, 0.5) is 21.9 Å². The molecule has 0 aliphatic heterocycles. The molecule has 0 heterocycles. The van der Waals surface area contributed by atoms with Crippen LogP contribution in [0.15, 0.2) is 78.9 Å². The molecule has 164 valence electrons. The first kappa shape index (κ1) is 22.6. The number of nitrogens with zero attached hydrogens (tertiary/aromatic N) is 1. The van der Waals surface area contributed by atoms with E-state index in [0.717, 1.165) is 11.1 Å². The standard InChI is InChI=1S/C25H26N4O3/c1-18-11-13-20(14-12-18)27-23(30)17-29(22-9-4-3-5-10-22)24(31)16-26-25(32)28-21-8-6-7-19(2)15-21/h3-15H,16-17H2,1-2H3,(H,27,30)(H2,26,28,32). The van der Waals surface area contributed by atoms with Crippen LogP contribution in [0.1, 0.15) is 11.1 Å². The predicted octanol–water partition coefficient (Wildman–Crippen LogP) is 4.10. The summed E-state index contributed by atoms with van der Waals surface area (Å²) in [6, 6.07) is 23.1. The third-order valence-corrected chi connectivity index (χ3v) is 4.68. The number of nitrogens with one attached hydrogen (secondary N) is 3. The molecule has 0 aliphatic carbocycles. The van der Waals surface area contributed by atoms with Gasteiger partial charge in [0.25, 0.3) is 0 Å². The van der Waals surface area contributed by atoms with Gasteiger partial charge in [-0.1, -0.05) is 48.0 Å². The molecule has 0 radical (unpaired) electrons. The van der Waals surface area contributed by atoms with Gasteiger partial charge in [0.1, 0.15) is 6.54 Å². The molecule has 0 aliphatic rings. The van der Waals surface area contributed by atoms with Crippen LogP contribution in [0.5, 0.6) is 0 Å². The van der Waals surface area contributed by atoms with E-state index in [0.29, 0.717) is 17.1 Å². The van der Waals surface area contributed by atoms with Crippen LogP contribution in [0, 0.1) is 13.8 Å². The largest absolute Gasteiger partial charge is 0.329 e. The van der Waals surface area contributed by atoms with E-state index in [4.69, 9.17) is 0 Å². The Balaban J connectivity index is 1.62. The number of aryl methyl sites for hydroxylation is 2. The second-order valence-corrected chi connectivity index (χ2v) is 7.41. The highest BCUT2D eigenvalue weighted by molar-refractivity contribution is 6.04. The number of hydrogen-bond donors (Lipinski definition) is 3. The van der Waals surface area contributed by atoms with Crippen LogP contribution in [0.3, 0.4) is 0 Å². The van der Waals surface area contributed by atoms with E-state index in [-0.39, 0.29) is 19.0 Å². The molecule has 3 rings (SSSR count). The Morgan fingerprint density at radius 1 is 0.750 bits per heavy atom. The predicted molar refractivity (Wildman–Crippen MR) is 127 cm³/mol. The molecule has 4 amide bonds. The van der Waals surface area contributed by atoms with Gasteiger partial charge in [0.2, 0.25) is 11.8 Å². The van der Waals surface area contributed by atoms with Crippen molar-refractivity contribution in [2.24, 2.45) is 0 Å². The fraction of sp³-hybridized carbons (Fsp3) is 0.160. The Hall–Kier alpha value is -4.13. The van der Waals surface area contributed by atoms with E-state index in [2.05, 4.69) is 16.0 Å². The molecule has 0 bridgehead atoms. The Bertz CT molecular complexity index is 1080. The van der Waals surface area contributed by atoms with Crippen molar-refractivity contribution in [2.45, 2.75) is 13.8 Å². The first-order chi connectivity index (χ1) is 15.4. The summed E-state index contributed by atoms with van der Waals surface area (Å²) in [5, 5.41) is 8.05. The van der Waals surface area contributed by atoms with E-state index in [1.54, 1.807) is 42.5 Å². The van der Waals surface area contributed by atoms with E-state index in [1.807, 2.05) is 50.2 Å².